The lowest BCUT2D eigenvalue weighted by molar-refractivity contribution is -0.122. The molecule has 0 saturated carbocycles. The van der Waals surface area contributed by atoms with Crippen LogP contribution >= 0.6 is 0 Å². The van der Waals surface area contributed by atoms with Gasteiger partial charge >= 0.3 is 0 Å². The Labute approximate surface area is 156 Å². The first-order valence-corrected chi connectivity index (χ1v) is 9.91. The van der Waals surface area contributed by atoms with Gasteiger partial charge in [-0.3, -0.25) is 9.69 Å². The van der Waals surface area contributed by atoms with Crippen LogP contribution in [0.1, 0.15) is 19.3 Å². The van der Waals surface area contributed by atoms with Gasteiger partial charge in [-0.15, -0.1) is 10.2 Å². The number of hydrogen-bond donors (Lipinski definition) is 1. The zero-order valence-corrected chi connectivity index (χ0v) is 16.0. The first-order valence-electron chi connectivity index (χ1n) is 9.91. The van der Waals surface area contributed by atoms with Gasteiger partial charge in [-0.1, -0.05) is 0 Å². The average molecular weight is 364 g/mol. The predicted molar refractivity (Wildman–Crippen MR) is 101 cm³/mol. The summed E-state index contributed by atoms with van der Waals surface area (Å²) in [4.78, 5) is 19.4. The summed E-state index contributed by atoms with van der Waals surface area (Å²) in [5.41, 5.74) is 0. The molecule has 1 aromatic rings. The number of likely N-dealkylation sites (N-methyl/N-ethyl adjacent to an activating group) is 1. The number of carbonyl (C=O) groups is 1. The molecule has 1 aromatic heterocycles. The molecule has 0 atom stereocenters. The van der Waals surface area contributed by atoms with Crippen molar-refractivity contribution in [3.8, 4) is 0 Å². The largest absolute Gasteiger partial charge is 0.355 e. The molecule has 0 aliphatic carbocycles. The van der Waals surface area contributed by atoms with E-state index in [1.807, 2.05) is 4.57 Å². The van der Waals surface area contributed by atoms with Crippen molar-refractivity contribution in [1.82, 2.24) is 34.8 Å². The topological polar surface area (TPSA) is 69.5 Å². The SMILES string of the molecule is CN1CCCN(CC(=O)NCC2CCN(CCn3cnnc3)CC2)CC1. The molecule has 2 aliphatic heterocycles. The molecule has 1 amide bonds. The Morgan fingerprint density at radius 2 is 1.77 bits per heavy atom. The highest BCUT2D eigenvalue weighted by Crippen LogP contribution is 2.16. The van der Waals surface area contributed by atoms with Crippen LogP contribution in [0, 0.1) is 5.92 Å². The molecular formula is C18H33N7O. The van der Waals surface area contributed by atoms with Crippen molar-refractivity contribution < 1.29 is 4.79 Å². The van der Waals surface area contributed by atoms with Gasteiger partial charge < -0.3 is 19.7 Å². The smallest absolute Gasteiger partial charge is 0.234 e. The van der Waals surface area contributed by atoms with E-state index in [0.717, 1.165) is 78.2 Å². The van der Waals surface area contributed by atoms with E-state index in [-0.39, 0.29) is 5.91 Å². The molecular weight excluding hydrogens is 330 g/mol. The molecule has 2 aliphatic rings. The van der Waals surface area contributed by atoms with Gasteiger partial charge in [0.1, 0.15) is 12.7 Å². The second kappa shape index (κ2) is 9.99. The van der Waals surface area contributed by atoms with Gasteiger partial charge in [0.05, 0.1) is 6.54 Å². The third-order valence-corrected chi connectivity index (χ3v) is 5.62. The molecule has 0 spiro atoms. The summed E-state index contributed by atoms with van der Waals surface area (Å²) < 4.78 is 2.02. The second-order valence-electron chi connectivity index (χ2n) is 7.72. The number of piperidine rings is 1. The number of hydrogen-bond acceptors (Lipinski definition) is 6. The Morgan fingerprint density at radius 1 is 1.00 bits per heavy atom. The van der Waals surface area contributed by atoms with Crippen molar-refractivity contribution in [2.24, 2.45) is 5.92 Å². The Kier molecular flexibility index (Phi) is 7.40. The van der Waals surface area contributed by atoms with E-state index in [0.29, 0.717) is 12.5 Å². The van der Waals surface area contributed by atoms with Crippen molar-refractivity contribution in [2.45, 2.75) is 25.8 Å². The Hall–Kier alpha value is -1.51. The van der Waals surface area contributed by atoms with Crippen LogP contribution in [0.5, 0.6) is 0 Å². The number of likely N-dealkylation sites (tertiary alicyclic amines) is 1. The monoisotopic (exact) mass is 363 g/mol. The van der Waals surface area contributed by atoms with E-state index in [1.54, 1.807) is 12.7 Å². The predicted octanol–water partition coefficient (Wildman–Crippen LogP) is -0.256. The molecule has 146 valence electrons. The summed E-state index contributed by atoms with van der Waals surface area (Å²) in [6.07, 6.45) is 7.01. The molecule has 8 heteroatoms. The molecule has 1 N–H and O–H groups in total. The number of carbonyl (C=O) groups excluding carboxylic acids is 1. The van der Waals surface area contributed by atoms with Crippen LogP contribution in [-0.2, 0) is 11.3 Å². The highest BCUT2D eigenvalue weighted by molar-refractivity contribution is 5.78. The third-order valence-electron chi connectivity index (χ3n) is 5.62. The van der Waals surface area contributed by atoms with E-state index in [9.17, 15) is 4.79 Å². The van der Waals surface area contributed by atoms with Crippen molar-refractivity contribution in [3.63, 3.8) is 0 Å². The highest BCUT2D eigenvalue weighted by atomic mass is 16.2. The number of aromatic nitrogens is 3. The lowest BCUT2D eigenvalue weighted by Crippen LogP contribution is -2.43. The quantitative estimate of drug-likeness (QED) is 0.720. The molecule has 0 unspecified atom stereocenters. The van der Waals surface area contributed by atoms with Gasteiger partial charge in [0.2, 0.25) is 5.91 Å². The van der Waals surface area contributed by atoms with E-state index in [4.69, 9.17) is 0 Å². The standard InChI is InChI=1S/C18H33N7O/c1-22-5-2-6-24(10-9-22)14-18(26)19-13-17-3-7-23(8-4-17)11-12-25-15-20-21-16-25/h15-17H,2-14H2,1H3,(H,19,26). The summed E-state index contributed by atoms with van der Waals surface area (Å²) in [6, 6.07) is 0. The maximum atomic E-state index is 12.3. The van der Waals surface area contributed by atoms with E-state index in [1.165, 1.54) is 0 Å². The highest BCUT2D eigenvalue weighted by Gasteiger charge is 2.20. The van der Waals surface area contributed by atoms with Crippen LogP contribution in [0.3, 0.4) is 0 Å². The van der Waals surface area contributed by atoms with Gasteiger partial charge in [-0.2, -0.15) is 0 Å². The fraction of sp³-hybridized carbons (Fsp3) is 0.833. The summed E-state index contributed by atoms with van der Waals surface area (Å²) in [5, 5.41) is 10.8. The molecule has 8 nitrogen and oxygen atoms in total. The summed E-state index contributed by atoms with van der Waals surface area (Å²) in [6.45, 7) is 9.80. The van der Waals surface area contributed by atoms with Gasteiger partial charge in [0.15, 0.2) is 0 Å². The molecule has 26 heavy (non-hydrogen) atoms. The third kappa shape index (κ3) is 6.34. The maximum Gasteiger partial charge on any atom is 0.234 e. The number of rotatable bonds is 7. The van der Waals surface area contributed by atoms with Gasteiger partial charge in [0, 0.05) is 32.7 Å². The summed E-state index contributed by atoms with van der Waals surface area (Å²) >= 11 is 0. The number of amides is 1. The maximum absolute atomic E-state index is 12.3. The van der Waals surface area contributed by atoms with Gasteiger partial charge in [-0.05, 0) is 58.4 Å². The van der Waals surface area contributed by atoms with Crippen molar-refractivity contribution in [2.75, 3.05) is 66.0 Å². The minimum Gasteiger partial charge on any atom is -0.355 e. The first-order chi connectivity index (χ1) is 12.7. The Bertz CT molecular complexity index is 528. The van der Waals surface area contributed by atoms with Crippen LogP contribution in [0.4, 0.5) is 0 Å². The minimum absolute atomic E-state index is 0.185. The van der Waals surface area contributed by atoms with Crippen molar-refractivity contribution >= 4 is 5.91 Å². The van der Waals surface area contributed by atoms with Crippen LogP contribution < -0.4 is 5.32 Å². The molecule has 0 bridgehead atoms. The number of nitrogens with one attached hydrogen (secondary N) is 1. The van der Waals surface area contributed by atoms with Crippen LogP contribution in [0.15, 0.2) is 12.7 Å². The molecule has 0 aromatic carbocycles. The van der Waals surface area contributed by atoms with Gasteiger partial charge in [-0.25, -0.2) is 0 Å². The lowest BCUT2D eigenvalue weighted by Gasteiger charge is -2.32. The van der Waals surface area contributed by atoms with Crippen molar-refractivity contribution in [3.05, 3.63) is 12.7 Å². The second-order valence-corrected chi connectivity index (χ2v) is 7.72. The fourth-order valence-electron chi connectivity index (χ4n) is 3.78. The van der Waals surface area contributed by atoms with Gasteiger partial charge in [0.25, 0.3) is 0 Å². The molecule has 2 fully saturated rings. The minimum atomic E-state index is 0.185. The van der Waals surface area contributed by atoms with Crippen LogP contribution in [0.2, 0.25) is 0 Å². The van der Waals surface area contributed by atoms with E-state index in [2.05, 4.69) is 37.3 Å². The molecule has 2 saturated heterocycles. The van der Waals surface area contributed by atoms with Crippen molar-refractivity contribution in [1.29, 1.82) is 0 Å². The molecule has 0 radical (unpaired) electrons. The zero-order chi connectivity index (χ0) is 18.2. The zero-order valence-electron chi connectivity index (χ0n) is 16.0. The Balaban J connectivity index is 1.27. The summed E-state index contributed by atoms with van der Waals surface area (Å²) in [7, 11) is 2.16. The normalized spacial score (nSPS) is 21.6. The van der Waals surface area contributed by atoms with E-state index < -0.39 is 0 Å². The Morgan fingerprint density at radius 3 is 2.54 bits per heavy atom. The first kappa shape index (κ1) is 19.3. The van der Waals surface area contributed by atoms with Crippen LogP contribution in [-0.4, -0.2) is 101 Å². The fourth-order valence-corrected chi connectivity index (χ4v) is 3.78. The van der Waals surface area contributed by atoms with E-state index >= 15 is 0 Å². The molecule has 3 rings (SSSR count). The molecule has 3 heterocycles. The lowest BCUT2D eigenvalue weighted by atomic mass is 9.97. The van der Waals surface area contributed by atoms with Crippen LogP contribution in [0.25, 0.3) is 0 Å². The summed E-state index contributed by atoms with van der Waals surface area (Å²) in [5.74, 6) is 0.796. The average Bonchev–Trinajstić information content (AvgIpc) is 3.09. The number of nitrogens with zero attached hydrogens (tertiary/aromatic N) is 6.